The number of alkyl halides is 1. The molecule has 3 rings (SSSR count). The van der Waals surface area contributed by atoms with Gasteiger partial charge in [0.1, 0.15) is 4.83 Å². The van der Waals surface area contributed by atoms with Gasteiger partial charge in [-0.25, -0.2) is 0 Å². The van der Waals surface area contributed by atoms with Gasteiger partial charge in [-0.15, -0.1) is 0 Å². The number of nitrogens with one attached hydrogen (secondary N) is 1. The molecule has 0 aromatic heterocycles. The lowest BCUT2D eigenvalue weighted by atomic mass is 9.81. The maximum atomic E-state index is 12.2. The van der Waals surface area contributed by atoms with Crippen molar-refractivity contribution < 1.29 is 4.79 Å². The molecule has 1 atom stereocenters. The van der Waals surface area contributed by atoms with Crippen LogP contribution in [0.5, 0.6) is 0 Å². The molecule has 2 fully saturated rings. The van der Waals surface area contributed by atoms with Crippen molar-refractivity contribution in [3.63, 3.8) is 0 Å². The van der Waals surface area contributed by atoms with Crippen LogP contribution >= 0.6 is 31.9 Å². The fourth-order valence-electron chi connectivity index (χ4n) is 2.45. The number of benzene rings is 1. The Morgan fingerprint density at radius 2 is 1.94 bits per heavy atom. The highest BCUT2D eigenvalue weighted by Crippen LogP contribution is 2.41. The van der Waals surface area contributed by atoms with E-state index in [9.17, 15) is 4.79 Å². The molecule has 0 saturated carbocycles. The van der Waals surface area contributed by atoms with Crippen molar-refractivity contribution in [2.75, 3.05) is 24.5 Å². The Balaban J connectivity index is 1.90. The average molecular weight is 360 g/mol. The Morgan fingerprint density at radius 1 is 1.29 bits per heavy atom. The predicted octanol–water partition coefficient (Wildman–Crippen LogP) is 2.15. The van der Waals surface area contributed by atoms with E-state index in [0.717, 1.165) is 29.8 Å². The van der Waals surface area contributed by atoms with Crippen LogP contribution < -0.4 is 10.2 Å². The number of halogens is 2. The van der Waals surface area contributed by atoms with Crippen molar-refractivity contribution >= 4 is 43.5 Å². The van der Waals surface area contributed by atoms with Gasteiger partial charge in [-0.1, -0.05) is 31.9 Å². The molecule has 0 aliphatic carbocycles. The summed E-state index contributed by atoms with van der Waals surface area (Å²) in [6, 6.07) is 7.89. The van der Waals surface area contributed by atoms with Gasteiger partial charge in [0.05, 0.1) is 0 Å². The lowest BCUT2D eigenvalue weighted by molar-refractivity contribution is -0.117. The Kier molecular flexibility index (Phi) is 2.80. The normalized spacial score (nSPS) is 26.4. The second-order valence-corrected chi connectivity index (χ2v) is 6.56. The summed E-state index contributed by atoms with van der Waals surface area (Å²) in [5.74, 6) is 0.175. The SMILES string of the molecule is O=C1C(Br)C2(CNC2)CN1c1ccc(Br)cc1. The molecular weight excluding hydrogens is 348 g/mol. The zero-order valence-electron chi connectivity index (χ0n) is 9.12. The summed E-state index contributed by atoms with van der Waals surface area (Å²) in [4.78, 5) is 14.1. The van der Waals surface area contributed by atoms with Crippen LogP contribution in [0.2, 0.25) is 0 Å². The molecule has 1 N–H and O–H groups in total. The van der Waals surface area contributed by atoms with Crippen LogP contribution in [0.4, 0.5) is 5.69 Å². The van der Waals surface area contributed by atoms with Crippen molar-refractivity contribution in [1.82, 2.24) is 5.32 Å². The number of rotatable bonds is 1. The molecule has 2 aliphatic heterocycles. The van der Waals surface area contributed by atoms with Gasteiger partial charge in [0, 0.05) is 35.2 Å². The minimum atomic E-state index is -0.0557. The number of anilines is 1. The van der Waals surface area contributed by atoms with Crippen molar-refractivity contribution in [2.45, 2.75) is 4.83 Å². The molecule has 0 radical (unpaired) electrons. The van der Waals surface area contributed by atoms with E-state index in [-0.39, 0.29) is 16.1 Å². The molecule has 5 heteroatoms. The van der Waals surface area contributed by atoms with E-state index in [4.69, 9.17) is 0 Å². The Morgan fingerprint density at radius 3 is 2.41 bits per heavy atom. The highest BCUT2D eigenvalue weighted by Gasteiger charge is 2.54. The number of hydrogen-bond acceptors (Lipinski definition) is 2. The van der Waals surface area contributed by atoms with Gasteiger partial charge in [-0.3, -0.25) is 4.79 Å². The number of carbonyl (C=O) groups is 1. The van der Waals surface area contributed by atoms with Gasteiger partial charge in [-0.2, -0.15) is 0 Å². The maximum absolute atomic E-state index is 12.2. The van der Waals surface area contributed by atoms with E-state index in [1.807, 2.05) is 29.2 Å². The van der Waals surface area contributed by atoms with Gasteiger partial charge >= 0.3 is 0 Å². The van der Waals surface area contributed by atoms with Crippen LogP contribution in [0.15, 0.2) is 28.7 Å². The van der Waals surface area contributed by atoms with Crippen LogP contribution in [0.25, 0.3) is 0 Å². The molecular formula is C12H12Br2N2O. The minimum Gasteiger partial charge on any atom is -0.315 e. The first-order valence-corrected chi connectivity index (χ1v) is 7.25. The fourth-order valence-corrected chi connectivity index (χ4v) is 3.43. The molecule has 1 aromatic rings. The summed E-state index contributed by atoms with van der Waals surface area (Å²) in [7, 11) is 0. The van der Waals surface area contributed by atoms with E-state index in [2.05, 4.69) is 37.2 Å². The summed E-state index contributed by atoms with van der Waals surface area (Å²) in [6.45, 7) is 2.64. The third-order valence-corrected chi connectivity index (χ3v) is 5.48. The standard InChI is InChI=1S/C12H12Br2N2O/c13-8-1-3-9(4-2-8)16-7-12(5-15-6-12)10(14)11(16)17/h1-4,10,15H,5-7H2. The summed E-state index contributed by atoms with van der Waals surface area (Å²) in [6.07, 6.45) is 0. The third-order valence-electron chi connectivity index (χ3n) is 3.59. The van der Waals surface area contributed by atoms with E-state index >= 15 is 0 Å². The zero-order chi connectivity index (χ0) is 12.0. The van der Waals surface area contributed by atoms with Gasteiger partial charge < -0.3 is 10.2 Å². The first-order chi connectivity index (χ1) is 8.12. The smallest absolute Gasteiger partial charge is 0.241 e. The number of nitrogens with zero attached hydrogens (tertiary/aromatic N) is 1. The summed E-state index contributed by atoms with van der Waals surface area (Å²) >= 11 is 6.95. The van der Waals surface area contributed by atoms with Gasteiger partial charge in [0.25, 0.3) is 0 Å². The van der Waals surface area contributed by atoms with Gasteiger partial charge in [-0.05, 0) is 24.3 Å². The lowest BCUT2D eigenvalue weighted by Crippen LogP contribution is -2.58. The van der Waals surface area contributed by atoms with E-state index in [0.29, 0.717) is 0 Å². The summed E-state index contributed by atoms with van der Waals surface area (Å²) in [5, 5.41) is 3.26. The molecule has 17 heavy (non-hydrogen) atoms. The maximum Gasteiger partial charge on any atom is 0.241 e. The zero-order valence-corrected chi connectivity index (χ0v) is 12.3. The average Bonchev–Trinajstić information content (AvgIpc) is 2.54. The molecule has 2 saturated heterocycles. The van der Waals surface area contributed by atoms with Crippen LogP contribution in [-0.2, 0) is 4.79 Å². The number of amides is 1. The Labute approximate surface area is 117 Å². The molecule has 0 bridgehead atoms. The van der Waals surface area contributed by atoms with Crippen molar-refractivity contribution in [2.24, 2.45) is 5.41 Å². The first-order valence-electron chi connectivity index (χ1n) is 5.54. The molecule has 1 unspecified atom stereocenters. The summed E-state index contributed by atoms with van der Waals surface area (Å²) in [5.41, 5.74) is 1.07. The second kappa shape index (κ2) is 4.07. The van der Waals surface area contributed by atoms with E-state index in [1.54, 1.807) is 0 Å². The molecule has 1 spiro atoms. The molecule has 1 amide bonds. The van der Waals surface area contributed by atoms with Crippen molar-refractivity contribution in [3.8, 4) is 0 Å². The summed E-state index contributed by atoms with van der Waals surface area (Å²) < 4.78 is 1.03. The van der Waals surface area contributed by atoms with Gasteiger partial charge in [0.2, 0.25) is 5.91 Å². The fraction of sp³-hybridized carbons (Fsp3) is 0.417. The van der Waals surface area contributed by atoms with Gasteiger partial charge in [0.15, 0.2) is 0 Å². The minimum absolute atomic E-state index is 0.0557. The number of hydrogen-bond donors (Lipinski definition) is 1. The van der Waals surface area contributed by atoms with Crippen molar-refractivity contribution in [3.05, 3.63) is 28.7 Å². The highest BCUT2D eigenvalue weighted by molar-refractivity contribution is 9.10. The van der Waals surface area contributed by atoms with E-state index in [1.165, 1.54) is 0 Å². The van der Waals surface area contributed by atoms with E-state index < -0.39 is 0 Å². The highest BCUT2D eigenvalue weighted by atomic mass is 79.9. The second-order valence-electron chi connectivity index (χ2n) is 4.73. The van der Waals surface area contributed by atoms with Crippen LogP contribution in [0, 0.1) is 5.41 Å². The third kappa shape index (κ3) is 1.75. The Bertz CT molecular complexity index is 456. The number of carbonyl (C=O) groups excluding carboxylic acids is 1. The largest absolute Gasteiger partial charge is 0.315 e. The van der Waals surface area contributed by atoms with Crippen molar-refractivity contribution in [1.29, 1.82) is 0 Å². The van der Waals surface area contributed by atoms with Crippen LogP contribution in [0.3, 0.4) is 0 Å². The molecule has 2 aliphatic rings. The predicted molar refractivity (Wildman–Crippen MR) is 74.5 cm³/mol. The molecule has 2 heterocycles. The molecule has 3 nitrogen and oxygen atoms in total. The Hall–Kier alpha value is -0.390. The lowest BCUT2D eigenvalue weighted by Gasteiger charge is -2.40. The van der Waals surface area contributed by atoms with Crippen LogP contribution in [-0.4, -0.2) is 30.4 Å². The monoisotopic (exact) mass is 358 g/mol. The molecule has 90 valence electrons. The molecule has 1 aromatic carbocycles. The van der Waals surface area contributed by atoms with Crippen LogP contribution in [0.1, 0.15) is 0 Å². The topological polar surface area (TPSA) is 32.3 Å². The first kappa shape index (κ1) is 11.7. The quantitative estimate of drug-likeness (QED) is 0.779.